The summed E-state index contributed by atoms with van der Waals surface area (Å²) >= 11 is 0. The number of aryl methyl sites for hydroxylation is 2. The summed E-state index contributed by atoms with van der Waals surface area (Å²) in [5, 5.41) is 13.3. The standard InChI is InChI=1S/C15H23N3O2/c1-10(2)12-7-8-18(9-12)15-13(5-6-14(19)20)11(3)16-17(15)4/h5-6,10,12H,7-9H2,1-4H3,(H,19,20)/b6-5+. The quantitative estimate of drug-likeness (QED) is 0.858. The molecular weight excluding hydrogens is 254 g/mol. The van der Waals surface area contributed by atoms with Gasteiger partial charge in [0.15, 0.2) is 0 Å². The van der Waals surface area contributed by atoms with Crippen molar-refractivity contribution in [3.8, 4) is 0 Å². The Hall–Kier alpha value is -1.78. The fourth-order valence-electron chi connectivity index (χ4n) is 2.91. The molecule has 1 aromatic rings. The zero-order valence-electron chi connectivity index (χ0n) is 12.6. The molecule has 1 fully saturated rings. The van der Waals surface area contributed by atoms with Crippen LogP contribution in [0.5, 0.6) is 0 Å². The van der Waals surface area contributed by atoms with E-state index in [4.69, 9.17) is 5.11 Å². The maximum atomic E-state index is 10.7. The van der Waals surface area contributed by atoms with E-state index in [2.05, 4.69) is 23.8 Å². The minimum atomic E-state index is -0.930. The van der Waals surface area contributed by atoms with Crippen molar-refractivity contribution in [2.24, 2.45) is 18.9 Å². The zero-order chi connectivity index (χ0) is 14.9. The molecular formula is C15H23N3O2. The maximum absolute atomic E-state index is 10.7. The van der Waals surface area contributed by atoms with Gasteiger partial charge in [-0.2, -0.15) is 5.10 Å². The lowest BCUT2D eigenvalue weighted by atomic mass is 9.95. The van der Waals surface area contributed by atoms with Gasteiger partial charge in [-0.15, -0.1) is 0 Å². The first-order valence-corrected chi connectivity index (χ1v) is 7.09. The largest absolute Gasteiger partial charge is 0.478 e. The highest BCUT2D eigenvalue weighted by Crippen LogP contribution is 2.32. The highest BCUT2D eigenvalue weighted by molar-refractivity contribution is 5.87. The molecule has 0 bridgehead atoms. The number of anilines is 1. The maximum Gasteiger partial charge on any atom is 0.328 e. The Bertz CT molecular complexity index is 531. The molecule has 1 aliphatic heterocycles. The van der Waals surface area contributed by atoms with Crippen LogP contribution in [0.4, 0.5) is 5.82 Å². The van der Waals surface area contributed by atoms with E-state index >= 15 is 0 Å². The predicted molar refractivity (Wildman–Crippen MR) is 79.8 cm³/mol. The monoisotopic (exact) mass is 277 g/mol. The Morgan fingerprint density at radius 2 is 2.20 bits per heavy atom. The molecule has 2 rings (SSSR count). The average Bonchev–Trinajstić information content (AvgIpc) is 2.91. The number of carboxylic acids is 1. The number of carboxylic acid groups (broad SMARTS) is 1. The Labute approximate surface area is 119 Å². The molecule has 5 heteroatoms. The van der Waals surface area contributed by atoms with Gasteiger partial charge in [0, 0.05) is 31.8 Å². The smallest absolute Gasteiger partial charge is 0.328 e. The van der Waals surface area contributed by atoms with Gasteiger partial charge in [-0.25, -0.2) is 4.79 Å². The predicted octanol–water partition coefficient (Wildman–Crippen LogP) is 2.31. The Morgan fingerprint density at radius 1 is 1.50 bits per heavy atom. The molecule has 1 aromatic heterocycles. The summed E-state index contributed by atoms with van der Waals surface area (Å²) < 4.78 is 1.86. The van der Waals surface area contributed by atoms with Crippen molar-refractivity contribution >= 4 is 17.9 Å². The van der Waals surface area contributed by atoms with Gasteiger partial charge in [-0.3, -0.25) is 4.68 Å². The molecule has 1 aliphatic rings. The van der Waals surface area contributed by atoms with Crippen molar-refractivity contribution in [3.05, 3.63) is 17.3 Å². The summed E-state index contributed by atoms with van der Waals surface area (Å²) in [6, 6.07) is 0. The summed E-state index contributed by atoms with van der Waals surface area (Å²) in [6.07, 6.45) is 4.02. The van der Waals surface area contributed by atoms with Crippen LogP contribution in [0.3, 0.4) is 0 Å². The van der Waals surface area contributed by atoms with Crippen molar-refractivity contribution in [2.75, 3.05) is 18.0 Å². The number of hydrogen-bond acceptors (Lipinski definition) is 3. The molecule has 0 aliphatic carbocycles. The molecule has 20 heavy (non-hydrogen) atoms. The summed E-state index contributed by atoms with van der Waals surface area (Å²) in [5.74, 6) is 1.47. The molecule has 0 amide bonds. The first kappa shape index (κ1) is 14.6. The number of rotatable bonds is 4. The van der Waals surface area contributed by atoms with Crippen LogP contribution in [-0.4, -0.2) is 33.9 Å². The van der Waals surface area contributed by atoms with Gasteiger partial charge < -0.3 is 10.0 Å². The van der Waals surface area contributed by atoms with E-state index in [0.29, 0.717) is 11.8 Å². The lowest BCUT2D eigenvalue weighted by Crippen LogP contribution is -2.24. The summed E-state index contributed by atoms with van der Waals surface area (Å²) in [4.78, 5) is 13.1. The normalized spacial score (nSPS) is 19.4. The van der Waals surface area contributed by atoms with E-state index in [9.17, 15) is 4.79 Å². The molecule has 0 saturated carbocycles. The summed E-state index contributed by atoms with van der Waals surface area (Å²) in [5.41, 5.74) is 1.78. The first-order chi connectivity index (χ1) is 9.40. The van der Waals surface area contributed by atoms with Crippen LogP contribution < -0.4 is 4.90 Å². The van der Waals surface area contributed by atoms with Gasteiger partial charge in [0.2, 0.25) is 0 Å². The van der Waals surface area contributed by atoms with E-state index in [-0.39, 0.29) is 0 Å². The minimum absolute atomic E-state index is 0.673. The van der Waals surface area contributed by atoms with Gasteiger partial charge in [0.05, 0.1) is 5.69 Å². The zero-order valence-corrected chi connectivity index (χ0v) is 12.6. The first-order valence-electron chi connectivity index (χ1n) is 7.09. The minimum Gasteiger partial charge on any atom is -0.478 e. The molecule has 0 radical (unpaired) electrons. The summed E-state index contributed by atoms with van der Waals surface area (Å²) in [6.45, 7) is 8.46. The second kappa shape index (κ2) is 5.69. The molecule has 1 atom stereocenters. The fraction of sp³-hybridized carbons (Fsp3) is 0.600. The number of aliphatic carboxylic acids is 1. The average molecular weight is 277 g/mol. The Morgan fingerprint density at radius 3 is 2.75 bits per heavy atom. The van der Waals surface area contributed by atoms with E-state index in [0.717, 1.165) is 30.2 Å². The molecule has 0 spiro atoms. The van der Waals surface area contributed by atoms with E-state index < -0.39 is 5.97 Å². The summed E-state index contributed by atoms with van der Waals surface area (Å²) in [7, 11) is 1.92. The van der Waals surface area contributed by atoms with Crippen LogP contribution >= 0.6 is 0 Å². The van der Waals surface area contributed by atoms with Gasteiger partial charge in [-0.1, -0.05) is 13.8 Å². The number of carbonyl (C=O) groups is 1. The van der Waals surface area contributed by atoms with Crippen LogP contribution in [0.15, 0.2) is 6.08 Å². The van der Waals surface area contributed by atoms with Crippen LogP contribution in [0, 0.1) is 18.8 Å². The van der Waals surface area contributed by atoms with E-state index in [1.165, 1.54) is 12.5 Å². The third-order valence-corrected chi connectivity index (χ3v) is 4.10. The molecule has 0 aromatic carbocycles. The van der Waals surface area contributed by atoms with E-state index in [1.54, 1.807) is 6.08 Å². The van der Waals surface area contributed by atoms with Gasteiger partial charge in [0.1, 0.15) is 5.82 Å². The number of hydrogen-bond donors (Lipinski definition) is 1. The van der Waals surface area contributed by atoms with Crippen molar-refractivity contribution < 1.29 is 9.90 Å². The SMILES string of the molecule is Cc1nn(C)c(N2CCC(C(C)C)C2)c1/C=C/C(=O)O. The van der Waals surface area contributed by atoms with Gasteiger partial charge in [-0.05, 0) is 31.3 Å². The second-order valence-electron chi connectivity index (χ2n) is 5.86. The lowest BCUT2D eigenvalue weighted by molar-refractivity contribution is -0.131. The fourth-order valence-corrected chi connectivity index (χ4v) is 2.91. The van der Waals surface area contributed by atoms with Crippen LogP contribution in [0.25, 0.3) is 6.08 Å². The van der Waals surface area contributed by atoms with Crippen molar-refractivity contribution in [1.82, 2.24) is 9.78 Å². The third-order valence-electron chi connectivity index (χ3n) is 4.10. The Kier molecular flexibility index (Phi) is 4.16. The molecule has 2 heterocycles. The molecule has 1 saturated heterocycles. The molecule has 1 unspecified atom stereocenters. The molecule has 5 nitrogen and oxygen atoms in total. The van der Waals surface area contributed by atoms with Gasteiger partial charge in [0.25, 0.3) is 0 Å². The van der Waals surface area contributed by atoms with Gasteiger partial charge >= 0.3 is 5.97 Å². The highest BCUT2D eigenvalue weighted by atomic mass is 16.4. The number of nitrogens with zero attached hydrogens (tertiary/aromatic N) is 3. The van der Waals surface area contributed by atoms with Crippen molar-refractivity contribution in [2.45, 2.75) is 27.2 Å². The molecule has 1 N–H and O–H groups in total. The van der Waals surface area contributed by atoms with Crippen LogP contribution in [-0.2, 0) is 11.8 Å². The third kappa shape index (κ3) is 2.86. The molecule has 110 valence electrons. The second-order valence-corrected chi connectivity index (χ2v) is 5.86. The van der Waals surface area contributed by atoms with Crippen LogP contribution in [0.1, 0.15) is 31.5 Å². The van der Waals surface area contributed by atoms with Crippen LogP contribution in [0.2, 0.25) is 0 Å². The number of aromatic nitrogens is 2. The topological polar surface area (TPSA) is 58.4 Å². The highest BCUT2D eigenvalue weighted by Gasteiger charge is 2.28. The van der Waals surface area contributed by atoms with Crippen molar-refractivity contribution in [3.63, 3.8) is 0 Å². The Balaban J connectivity index is 2.30. The van der Waals surface area contributed by atoms with E-state index in [1.807, 2.05) is 18.7 Å². The van der Waals surface area contributed by atoms with Crippen molar-refractivity contribution in [1.29, 1.82) is 0 Å². The lowest BCUT2D eigenvalue weighted by Gasteiger charge is -2.21.